The maximum Gasteiger partial charge on any atom is 0.315 e. The highest BCUT2D eigenvalue weighted by atomic mass is 19.2. The van der Waals surface area contributed by atoms with Crippen molar-refractivity contribution in [1.29, 1.82) is 0 Å². The first-order valence-corrected chi connectivity index (χ1v) is 5.57. The van der Waals surface area contributed by atoms with Gasteiger partial charge in [0.2, 0.25) is 0 Å². The molecule has 100 valence electrons. The van der Waals surface area contributed by atoms with E-state index in [1.165, 1.54) is 12.1 Å². The first-order chi connectivity index (χ1) is 8.45. The van der Waals surface area contributed by atoms with Crippen LogP contribution in [-0.4, -0.2) is 23.8 Å². The lowest BCUT2D eigenvalue weighted by molar-refractivity contribution is 0.218. The van der Waals surface area contributed by atoms with Crippen molar-refractivity contribution in [2.75, 3.05) is 6.61 Å². The molecule has 1 unspecified atom stereocenters. The van der Waals surface area contributed by atoms with E-state index in [2.05, 4.69) is 10.6 Å². The predicted molar refractivity (Wildman–Crippen MR) is 63.0 cm³/mol. The summed E-state index contributed by atoms with van der Waals surface area (Å²) < 4.78 is 26.4. The average molecular weight is 258 g/mol. The average Bonchev–Trinajstić information content (AvgIpc) is 2.32. The number of halogens is 2. The van der Waals surface area contributed by atoms with E-state index in [9.17, 15) is 13.6 Å². The summed E-state index contributed by atoms with van der Waals surface area (Å²) in [7, 11) is 0. The lowest BCUT2D eigenvalue weighted by Crippen LogP contribution is -2.43. The molecule has 0 aliphatic carbocycles. The van der Waals surface area contributed by atoms with Crippen molar-refractivity contribution >= 4 is 6.03 Å². The third-order valence-electron chi connectivity index (χ3n) is 2.45. The highest BCUT2D eigenvalue weighted by molar-refractivity contribution is 5.74. The number of benzene rings is 1. The Morgan fingerprint density at radius 1 is 1.33 bits per heavy atom. The molecule has 4 nitrogen and oxygen atoms in total. The van der Waals surface area contributed by atoms with Gasteiger partial charge in [0.15, 0.2) is 11.6 Å². The smallest absolute Gasteiger partial charge is 0.315 e. The van der Waals surface area contributed by atoms with Gasteiger partial charge in [-0.15, -0.1) is 0 Å². The second-order valence-corrected chi connectivity index (χ2v) is 4.07. The Balaban J connectivity index is 2.68. The summed E-state index contributed by atoms with van der Waals surface area (Å²) in [5.74, 6) is -1.93. The number of nitrogens with one attached hydrogen (secondary N) is 2. The first kappa shape index (κ1) is 14.4. The minimum absolute atomic E-state index is 0.0711. The molecule has 18 heavy (non-hydrogen) atoms. The largest absolute Gasteiger partial charge is 0.394 e. The van der Waals surface area contributed by atoms with Crippen molar-refractivity contribution in [1.82, 2.24) is 10.6 Å². The van der Waals surface area contributed by atoms with E-state index in [-0.39, 0.29) is 12.2 Å². The lowest BCUT2D eigenvalue weighted by Gasteiger charge is -2.17. The van der Waals surface area contributed by atoms with Crippen molar-refractivity contribution in [3.8, 4) is 0 Å². The molecule has 6 heteroatoms. The highest BCUT2D eigenvalue weighted by Crippen LogP contribution is 2.18. The number of carbonyl (C=O) groups excluding carboxylic acids is 1. The molecule has 0 saturated heterocycles. The Hall–Kier alpha value is -1.69. The number of carbonyl (C=O) groups is 1. The van der Waals surface area contributed by atoms with Crippen LogP contribution < -0.4 is 10.6 Å². The van der Waals surface area contributed by atoms with Crippen molar-refractivity contribution in [3.05, 3.63) is 35.4 Å². The fourth-order valence-electron chi connectivity index (χ4n) is 1.44. The Morgan fingerprint density at radius 3 is 2.61 bits per heavy atom. The van der Waals surface area contributed by atoms with Crippen LogP contribution in [0.3, 0.4) is 0 Å². The molecule has 0 bridgehead atoms. The fraction of sp³-hybridized carbons (Fsp3) is 0.417. The van der Waals surface area contributed by atoms with Gasteiger partial charge in [0.05, 0.1) is 18.7 Å². The number of rotatable bonds is 4. The SMILES string of the molecule is CC(NC(=O)N[C@@H](C)CO)c1cccc(F)c1F. The monoisotopic (exact) mass is 258 g/mol. The van der Waals surface area contributed by atoms with E-state index in [4.69, 9.17) is 5.11 Å². The number of urea groups is 1. The van der Waals surface area contributed by atoms with Gasteiger partial charge in [0.25, 0.3) is 0 Å². The fourth-order valence-corrected chi connectivity index (χ4v) is 1.44. The van der Waals surface area contributed by atoms with Crippen molar-refractivity contribution < 1.29 is 18.7 Å². The zero-order chi connectivity index (χ0) is 13.7. The molecule has 1 rings (SSSR count). The van der Waals surface area contributed by atoms with Crippen molar-refractivity contribution in [2.24, 2.45) is 0 Å². The summed E-state index contributed by atoms with van der Waals surface area (Å²) in [6.45, 7) is 2.96. The molecule has 0 spiro atoms. The second-order valence-electron chi connectivity index (χ2n) is 4.07. The van der Waals surface area contributed by atoms with E-state index in [0.29, 0.717) is 0 Å². The third kappa shape index (κ3) is 3.66. The van der Waals surface area contributed by atoms with Crippen LogP contribution in [0, 0.1) is 11.6 Å². The molecular weight excluding hydrogens is 242 g/mol. The van der Waals surface area contributed by atoms with Crippen LogP contribution in [0.2, 0.25) is 0 Å². The van der Waals surface area contributed by atoms with E-state index >= 15 is 0 Å². The molecule has 0 fully saturated rings. The molecule has 0 aliphatic rings. The zero-order valence-electron chi connectivity index (χ0n) is 10.2. The molecule has 0 heterocycles. The third-order valence-corrected chi connectivity index (χ3v) is 2.45. The number of amides is 2. The van der Waals surface area contributed by atoms with Crippen molar-refractivity contribution in [2.45, 2.75) is 25.9 Å². The lowest BCUT2D eigenvalue weighted by atomic mass is 10.1. The number of aliphatic hydroxyl groups excluding tert-OH is 1. The minimum Gasteiger partial charge on any atom is -0.394 e. The molecule has 0 radical (unpaired) electrons. The normalized spacial score (nSPS) is 13.8. The van der Waals surface area contributed by atoms with Crippen LogP contribution in [0.25, 0.3) is 0 Å². The summed E-state index contributed by atoms with van der Waals surface area (Å²) in [4.78, 5) is 11.4. The summed E-state index contributed by atoms with van der Waals surface area (Å²) >= 11 is 0. The number of aliphatic hydroxyl groups is 1. The summed E-state index contributed by atoms with van der Waals surface area (Å²) in [5, 5.41) is 13.7. The highest BCUT2D eigenvalue weighted by Gasteiger charge is 2.16. The van der Waals surface area contributed by atoms with Crippen LogP contribution >= 0.6 is 0 Å². The van der Waals surface area contributed by atoms with E-state index in [0.717, 1.165) is 6.07 Å². The summed E-state index contributed by atoms with van der Waals surface area (Å²) in [5.41, 5.74) is 0.0711. The van der Waals surface area contributed by atoms with Crippen LogP contribution in [0.15, 0.2) is 18.2 Å². The Kier molecular flexibility index (Phi) is 5.03. The Morgan fingerprint density at radius 2 is 2.00 bits per heavy atom. The topological polar surface area (TPSA) is 61.4 Å². The summed E-state index contributed by atoms with van der Waals surface area (Å²) in [6.07, 6.45) is 0. The van der Waals surface area contributed by atoms with E-state index in [1.54, 1.807) is 13.8 Å². The van der Waals surface area contributed by atoms with Crippen LogP contribution in [0.4, 0.5) is 13.6 Å². The van der Waals surface area contributed by atoms with Crippen LogP contribution in [-0.2, 0) is 0 Å². The standard InChI is InChI=1S/C12H16F2N2O2/c1-7(6-17)15-12(18)16-8(2)9-4-3-5-10(13)11(9)14/h3-5,7-8,17H,6H2,1-2H3,(H2,15,16,18)/t7-,8?/m0/s1. The van der Waals surface area contributed by atoms with Gasteiger partial charge < -0.3 is 15.7 Å². The molecule has 2 atom stereocenters. The van der Waals surface area contributed by atoms with Crippen molar-refractivity contribution in [3.63, 3.8) is 0 Å². The van der Waals surface area contributed by atoms with Gasteiger partial charge in [-0.2, -0.15) is 0 Å². The summed E-state index contributed by atoms with van der Waals surface area (Å²) in [6, 6.07) is 2.16. The molecule has 0 aliphatic heterocycles. The van der Waals surface area contributed by atoms with Crippen LogP contribution in [0.5, 0.6) is 0 Å². The predicted octanol–water partition coefficient (Wildman–Crippen LogP) is 1.71. The molecule has 1 aromatic rings. The molecule has 0 aromatic heterocycles. The van der Waals surface area contributed by atoms with E-state index < -0.39 is 29.7 Å². The number of hydrogen-bond acceptors (Lipinski definition) is 2. The molecule has 3 N–H and O–H groups in total. The second kappa shape index (κ2) is 6.30. The van der Waals surface area contributed by atoms with Gasteiger partial charge in [-0.05, 0) is 19.9 Å². The van der Waals surface area contributed by atoms with Gasteiger partial charge in [0, 0.05) is 5.56 Å². The van der Waals surface area contributed by atoms with Gasteiger partial charge in [0.1, 0.15) is 0 Å². The maximum absolute atomic E-state index is 13.4. The Labute approximate surface area is 104 Å². The van der Waals surface area contributed by atoms with Gasteiger partial charge in [-0.25, -0.2) is 13.6 Å². The van der Waals surface area contributed by atoms with E-state index in [1.807, 2.05) is 0 Å². The first-order valence-electron chi connectivity index (χ1n) is 5.57. The molecule has 1 aromatic carbocycles. The zero-order valence-corrected chi connectivity index (χ0v) is 10.2. The van der Waals surface area contributed by atoms with Gasteiger partial charge in [-0.1, -0.05) is 12.1 Å². The molecule has 0 saturated carbocycles. The minimum atomic E-state index is -0.972. The molecule has 2 amide bonds. The number of hydrogen-bond donors (Lipinski definition) is 3. The van der Waals surface area contributed by atoms with Crippen LogP contribution in [0.1, 0.15) is 25.5 Å². The Bertz CT molecular complexity index is 427. The van der Waals surface area contributed by atoms with Gasteiger partial charge >= 0.3 is 6.03 Å². The quantitative estimate of drug-likeness (QED) is 0.770. The van der Waals surface area contributed by atoms with Gasteiger partial charge in [-0.3, -0.25) is 0 Å². The molecular formula is C12H16F2N2O2. The maximum atomic E-state index is 13.4.